The molecule has 2 rings (SSSR count). The first kappa shape index (κ1) is 13.6. The number of ether oxygens (including phenoxy) is 2. The van der Waals surface area contributed by atoms with E-state index in [4.69, 9.17) is 9.47 Å². The molecule has 1 heterocycles. The molecule has 0 aromatic heterocycles. The van der Waals surface area contributed by atoms with Crippen LogP contribution in [0.1, 0.15) is 13.3 Å². The Morgan fingerprint density at radius 3 is 3.16 bits per heavy atom. The molecule has 0 aliphatic carbocycles. The molecule has 0 N–H and O–H groups in total. The molecule has 1 aromatic rings. The van der Waals surface area contributed by atoms with Crippen molar-refractivity contribution in [3.05, 3.63) is 36.9 Å². The number of para-hydroxylation sites is 2. The van der Waals surface area contributed by atoms with Crippen LogP contribution in [0.4, 0.5) is 5.69 Å². The molecule has 4 nitrogen and oxygen atoms in total. The smallest absolute Gasteiger partial charge is 0.256 e. The maximum Gasteiger partial charge on any atom is 0.256 e. The first-order valence-corrected chi connectivity index (χ1v) is 6.49. The highest BCUT2D eigenvalue weighted by molar-refractivity contribution is 5.98. The van der Waals surface area contributed by atoms with Crippen LogP contribution in [-0.2, 0) is 9.53 Å². The highest BCUT2D eigenvalue weighted by Crippen LogP contribution is 2.31. The van der Waals surface area contributed by atoms with Crippen LogP contribution in [-0.4, -0.2) is 31.8 Å². The standard InChI is InChI=1S/C15H19NO3/c1-3-4-10-18-12(2)15(17)16-9-11-19-14-8-6-5-7-13(14)16/h3,5-8,12H,1,4,9-11H2,2H3. The summed E-state index contributed by atoms with van der Waals surface area (Å²) in [5, 5.41) is 0. The molecule has 0 fully saturated rings. The van der Waals surface area contributed by atoms with Crippen molar-refractivity contribution in [1.29, 1.82) is 0 Å². The molecule has 1 unspecified atom stereocenters. The third kappa shape index (κ3) is 3.15. The summed E-state index contributed by atoms with van der Waals surface area (Å²) in [6.07, 6.45) is 2.07. The van der Waals surface area contributed by atoms with Crippen LogP contribution in [0.3, 0.4) is 0 Å². The summed E-state index contributed by atoms with van der Waals surface area (Å²) in [7, 11) is 0. The fourth-order valence-electron chi connectivity index (χ4n) is 2.02. The average Bonchev–Trinajstić information content (AvgIpc) is 2.46. The van der Waals surface area contributed by atoms with Gasteiger partial charge in [0, 0.05) is 0 Å². The molecule has 19 heavy (non-hydrogen) atoms. The monoisotopic (exact) mass is 261 g/mol. The second kappa shape index (κ2) is 6.38. The van der Waals surface area contributed by atoms with Crippen molar-refractivity contribution in [1.82, 2.24) is 0 Å². The minimum Gasteiger partial charge on any atom is -0.490 e. The number of carbonyl (C=O) groups excluding carboxylic acids is 1. The van der Waals surface area contributed by atoms with Gasteiger partial charge in [-0.15, -0.1) is 6.58 Å². The number of fused-ring (bicyclic) bond motifs is 1. The summed E-state index contributed by atoms with van der Waals surface area (Å²) in [4.78, 5) is 14.1. The van der Waals surface area contributed by atoms with Gasteiger partial charge in [-0.2, -0.15) is 0 Å². The lowest BCUT2D eigenvalue weighted by Crippen LogP contribution is -2.43. The largest absolute Gasteiger partial charge is 0.490 e. The summed E-state index contributed by atoms with van der Waals surface area (Å²) in [5.41, 5.74) is 0.818. The molecule has 4 heteroatoms. The van der Waals surface area contributed by atoms with Crippen LogP contribution < -0.4 is 9.64 Å². The Bertz CT molecular complexity index is 458. The van der Waals surface area contributed by atoms with Crippen molar-refractivity contribution in [2.75, 3.05) is 24.7 Å². The van der Waals surface area contributed by atoms with E-state index < -0.39 is 6.10 Å². The molecule has 0 spiro atoms. The van der Waals surface area contributed by atoms with Gasteiger partial charge in [-0.05, 0) is 25.5 Å². The molecule has 1 amide bonds. The van der Waals surface area contributed by atoms with Crippen molar-refractivity contribution in [3.63, 3.8) is 0 Å². The van der Waals surface area contributed by atoms with Crippen LogP contribution in [0.25, 0.3) is 0 Å². The van der Waals surface area contributed by atoms with E-state index in [1.165, 1.54) is 0 Å². The van der Waals surface area contributed by atoms with Crippen molar-refractivity contribution >= 4 is 11.6 Å². The lowest BCUT2D eigenvalue weighted by Gasteiger charge is -2.31. The third-order valence-corrected chi connectivity index (χ3v) is 3.03. The zero-order valence-corrected chi connectivity index (χ0v) is 11.2. The van der Waals surface area contributed by atoms with E-state index in [9.17, 15) is 4.79 Å². The van der Waals surface area contributed by atoms with Crippen LogP contribution in [0.15, 0.2) is 36.9 Å². The molecule has 0 radical (unpaired) electrons. The number of rotatable bonds is 5. The lowest BCUT2D eigenvalue weighted by atomic mass is 10.2. The molecule has 1 aliphatic heterocycles. The van der Waals surface area contributed by atoms with Crippen molar-refractivity contribution in [2.45, 2.75) is 19.4 Å². The average molecular weight is 261 g/mol. The van der Waals surface area contributed by atoms with Gasteiger partial charge in [0.25, 0.3) is 5.91 Å². The molecular weight excluding hydrogens is 242 g/mol. The van der Waals surface area contributed by atoms with E-state index in [1.807, 2.05) is 24.3 Å². The Balaban J connectivity index is 2.06. The van der Waals surface area contributed by atoms with Crippen LogP contribution in [0.2, 0.25) is 0 Å². The van der Waals surface area contributed by atoms with Gasteiger partial charge in [0.1, 0.15) is 18.5 Å². The van der Waals surface area contributed by atoms with E-state index in [1.54, 1.807) is 17.9 Å². The number of hydrogen-bond donors (Lipinski definition) is 0. The van der Waals surface area contributed by atoms with Crippen molar-refractivity contribution < 1.29 is 14.3 Å². The van der Waals surface area contributed by atoms with Gasteiger partial charge in [-0.3, -0.25) is 4.79 Å². The third-order valence-electron chi connectivity index (χ3n) is 3.03. The van der Waals surface area contributed by atoms with Gasteiger partial charge >= 0.3 is 0 Å². The zero-order chi connectivity index (χ0) is 13.7. The summed E-state index contributed by atoms with van der Waals surface area (Å²) in [6, 6.07) is 7.56. The van der Waals surface area contributed by atoms with Gasteiger partial charge in [0.2, 0.25) is 0 Å². The molecular formula is C15H19NO3. The Hall–Kier alpha value is -1.81. The Kier molecular flexibility index (Phi) is 4.58. The second-order valence-electron chi connectivity index (χ2n) is 4.40. The van der Waals surface area contributed by atoms with Gasteiger partial charge in [-0.25, -0.2) is 0 Å². The van der Waals surface area contributed by atoms with Gasteiger partial charge in [0.15, 0.2) is 0 Å². The summed E-state index contributed by atoms with van der Waals surface area (Å²) < 4.78 is 11.0. The van der Waals surface area contributed by atoms with Gasteiger partial charge in [0.05, 0.1) is 18.8 Å². The number of carbonyl (C=O) groups is 1. The lowest BCUT2D eigenvalue weighted by molar-refractivity contribution is -0.129. The summed E-state index contributed by atoms with van der Waals surface area (Å²) >= 11 is 0. The van der Waals surface area contributed by atoms with E-state index in [0.717, 1.165) is 17.9 Å². The van der Waals surface area contributed by atoms with Gasteiger partial charge in [-0.1, -0.05) is 18.2 Å². The predicted octanol–water partition coefficient (Wildman–Crippen LogP) is 2.39. The minimum absolute atomic E-state index is 0.0280. The molecule has 1 aliphatic rings. The Labute approximate surface area is 113 Å². The fraction of sp³-hybridized carbons (Fsp3) is 0.400. The SMILES string of the molecule is C=CCCOC(C)C(=O)N1CCOc2ccccc21. The van der Waals surface area contributed by atoms with E-state index in [0.29, 0.717) is 19.8 Å². The number of anilines is 1. The second-order valence-corrected chi connectivity index (χ2v) is 4.40. The summed E-state index contributed by atoms with van der Waals surface area (Å²) in [6.45, 7) is 7.00. The molecule has 0 bridgehead atoms. The molecule has 0 saturated carbocycles. The predicted molar refractivity (Wildman–Crippen MR) is 74.5 cm³/mol. The molecule has 1 aromatic carbocycles. The quantitative estimate of drug-likeness (QED) is 0.603. The number of benzene rings is 1. The highest BCUT2D eigenvalue weighted by Gasteiger charge is 2.27. The number of nitrogens with zero attached hydrogens (tertiary/aromatic N) is 1. The van der Waals surface area contributed by atoms with Crippen LogP contribution >= 0.6 is 0 Å². The summed E-state index contributed by atoms with van der Waals surface area (Å²) in [5.74, 6) is 0.722. The fourth-order valence-corrected chi connectivity index (χ4v) is 2.02. The number of amides is 1. The van der Waals surface area contributed by atoms with Crippen LogP contribution in [0, 0.1) is 0 Å². The maximum atomic E-state index is 12.4. The Morgan fingerprint density at radius 2 is 2.37 bits per heavy atom. The van der Waals surface area contributed by atoms with Crippen molar-refractivity contribution in [3.8, 4) is 5.75 Å². The van der Waals surface area contributed by atoms with E-state index >= 15 is 0 Å². The topological polar surface area (TPSA) is 38.8 Å². The number of hydrogen-bond acceptors (Lipinski definition) is 3. The van der Waals surface area contributed by atoms with E-state index in [2.05, 4.69) is 6.58 Å². The zero-order valence-electron chi connectivity index (χ0n) is 11.2. The van der Waals surface area contributed by atoms with E-state index in [-0.39, 0.29) is 5.91 Å². The maximum absolute atomic E-state index is 12.4. The molecule has 0 saturated heterocycles. The first-order valence-electron chi connectivity index (χ1n) is 6.49. The van der Waals surface area contributed by atoms with Crippen LogP contribution in [0.5, 0.6) is 5.75 Å². The highest BCUT2D eigenvalue weighted by atomic mass is 16.5. The minimum atomic E-state index is -0.453. The van der Waals surface area contributed by atoms with Crippen molar-refractivity contribution in [2.24, 2.45) is 0 Å². The van der Waals surface area contributed by atoms with Gasteiger partial charge < -0.3 is 14.4 Å². The normalized spacial score (nSPS) is 15.3. The Morgan fingerprint density at radius 1 is 1.58 bits per heavy atom. The molecule has 102 valence electrons. The molecule has 1 atom stereocenters. The first-order chi connectivity index (χ1) is 9.24.